The predicted octanol–water partition coefficient (Wildman–Crippen LogP) is 0.167. The van der Waals surface area contributed by atoms with E-state index < -0.39 is 0 Å². The van der Waals surface area contributed by atoms with Crippen molar-refractivity contribution in [2.75, 3.05) is 11.5 Å². The molecular weight excluding hydrogens is 196 g/mol. The van der Waals surface area contributed by atoms with Crippen LogP contribution in [0.3, 0.4) is 0 Å². The predicted molar refractivity (Wildman–Crippen MR) is 54.1 cm³/mol. The first-order valence-corrected chi connectivity index (χ1v) is 4.20. The largest absolute Gasteiger partial charge is 0.404 e. The molecule has 4 N–H and O–H groups in total. The molecule has 2 aromatic rings. The van der Waals surface area contributed by atoms with Crippen molar-refractivity contribution in [2.24, 2.45) is 7.05 Å². The van der Waals surface area contributed by atoms with Crippen molar-refractivity contribution < 1.29 is 4.74 Å². The minimum atomic E-state index is 0.217. The van der Waals surface area contributed by atoms with Gasteiger partial charge in [-0.2, -0.15) is 9.97 Å². The first-order valence-electron chi connectivity index (χ1n) is 4.20. The first kappa shape index (κ1) is 9.25. The highest BCUT2D eigenvalue weighted by atomic mass is 16.5. The highest BCUT2D eigenvalue weighted by molar-refractivity contribution is 5.58. The molecule has 0 spiro atoms. The monoisotopic (exact) mass is 206 g/mol. The van der Waals surface area contributed by atoms with E-state index >= 15 is 0 Å². The van der Waals surface area contributed by atoms with Crippen molar-refractivity contribution in [3.63, 3.8) is 0 Å². The van der Waals surface area contributed by atoms with Crippen molar-refractivity contribution in [3.05, 3.63) is 18.5 Å². The summed E-state index contributed by atoms with van der Waals surface area (Å²) in [5, 5.41) is 3.93. The fourth-order valence-electron chi connectivity index (χ4n) is 0.984. The van der Waals surface area contributed by atoms with E-state index in [2.05, 4.69) is 15.1 Å². The van der Waals surface area contributed by atoms with Gasteiger partial charge < -0.3 is 16.2 Å². The van der Waals surface area contributed by atoms with Gasteiger partial charge in [0, 0.05) is 13.1 Å². The fourth-order valence-corrected chi connectivity index (χ4v) is 0.984. The van der Waals surface area contributed by atoms with Crippen LogP contribution in [0.15, 0.2) is 18.5 Å². The fraction of sp³-hybridized carbons (Fsp3) is 0.125. The maximum atomic E-state index is 5.52. The Hall–Kier alpha value is -2.31. The number of nitrogens with zero attached hydrogens (tertiary/aromatic N) is 4. The molecule has 2 heterocycles. The zero-order valence-electron chi connectivity index (χ0n) is 8.08. The van der Waals surface area contributed by atoms with Gasteiger partial charge in [-0.05, 0) is 6.07 Å². The maximum absolute atomic E-state index is 5.52. The number of hydrogen-bond donors (Lipinski definition) is 2. The van der Waals surface area contributed by atoms with Gasteiger partial charge in [-0.3, -0.25) is 4.68 Å². The van der Waals surface area contributed by atoms with Crippen molar-refractivity contribution in [2.45, 2.75) is 0 Å². The summed E-state index contributed by atoms with van der Waals surface area (Å²) in [5.41, 5.74) is 11.4. The Labute approximate surface area is 85.7 Å². The summed E-state index contributed by atoms with van der Waals surface area (Å²) < 4.78 is 6.77. The highest BCUT2D eigenvalue weighted by Gasteiger charge is 2.04. The normalized spacial score (nSPS) is 10.2. The third-order valence-corrected chi connectivity index (χ3v) is 1.71. The number of pyridine rings is 1. The molecule has 0 amide bonds. The van der Waals surface area contributed by atoms with Crippen LogP contribution in [0.1, 0.15) is 0 Å². The lowest BCUT2D eigenvalue weighted by Crippen LogP contribution is -1.99. The Morgan fingerprint density at radius 2 is 2.13 bits per heavy atom. The Kier molecular flexibility index (Phi) is 2.13. The average molecular weight is 206 g/mol. The topological polar surface area (TPSA) is 105 Å². The van der Waals surface area contributed by atoms with Crippen LogP contribution in [-0.2, 0) is 7.05 Å². The molecule has 0 aliphatic heterocycles. The second-order valence-corrected chi connectivity index (χ2v) is 2.93. The quantitative estimate of drug-likeness (QED) is 0.725. The lowest BCUT2D eigenvalue weighted by atomic mass is 10.4. The molecule has 0 saturated heterocycles. The van der Waals surface area contributed by atoms with Gasteiger partial charge in [0.2, 0.25) is 5.88 Å². The van der Waals surface area contributed by atoms with Crippen LogP contribution in [0.25, 0.3) is 0 Å². The second kappa shape index (κ2) is 3.45. The number of nitrogen functional groups attached to an aromatic ring is 2. The second-order valence-electron chi connectivity index (χ2n) is 2.93. The molecule has 7 nitrogen and oxygen atoms in total. The molecule has 0 aliphatic rings. The van der Waals surface area contributed by atoms with Gasteiger partial charge in [-0.25, -0.2) is 0 Å². The average Bonchev–Trinajstić information content (AvgIpc) is 2.58. The molecule has 78 valence electrons. The van der Waals surface area contributed by atoms with Gasteiger partial charge in [0.05, 0.1) is 5.69 Å². The van der Waals surface area contributed by atoms with E-state index in [1.54, 1.807) is 19.2 Å². The van der Waals surface area contributed by atoms with Crippen molar-refractivity contribution in [1.82, 2.24) is 19.7 Å². The molecule has 15 heavy (non-hydrogen) atoms. The van der Waals surface area contributed by atoms with E-state index in [0.717, 1.165) is 0 Å². The van der Waals surface area contributed by atoms with Crippen LogP contribution >= 0.6 is 0 Å². The van der Waals surface area contributed by atoms with Crippen LogP contribution < -0.4 is 16.2 Å². The summed E-state index contributed by atoms with van der Waals surface area (Å²) >= 11 is 0. The minimum Gasteiger partial charge on any atom is -0.404 e. The highest BCUT2D eigenvalue weighted by Crippen LogP contribution is 2.19. The molecule has 0 saturated carbocycles. The number of rotatable bonds is 2. The van der Waals surface area contributed by atoms with Gasteiger partial charge in [0.1, 0.15) is 6.33 Å². The summed E-state index contributed by atoms with van der Waals surface area (Å²) in [5.74, 6) is 0.538. The Balaban J connectivity index is 2.21. The van der Waals surface area contributed by atoms with Crippen molar-refractivity contribution in [1.29, 1.82) is 0 Å². The van der Waals surface area contributed by atoms with Crippen LogP contribution in [-0.4, -0.2) is 19.7 Å². The smallest absolute Gasteiger partial charge is 0.342 e. The van der Waals surface area contributed by atoms with E-state index in [0.29, 0.717) is 11.6 Å². The maximum Gasteiger partial charge on any atom is 0.342 e. The summed E-state index contributed by atoms with van der Waals surface area (Å²) in [7, 11) is 1.74. The summed E-state index contributed by atoms with van der Waals surface area (Å²) in [6, 6.07) is 3.43. The Morgan fingerprint density at radius 1 is 1.33 bits per heavy atom. The molecule has 2 aromatic heterocycles. The number of anilines is 2. The van der Waals surface area contributed by atoms with E-state index in [9.17, 15) is 0 Å². The van der Waals surface area contributed by atoms with E-state index in [1.165, 1.54) is 11.0 Å². The minimum absolute atomic E-state index is 0.217. The van der Waals surface area contributed by atoms with Gasteiger partial charge >= 0.3 is 6.01 Å². The number of hydrogen-bond acceptors (Lipinski definition) is 6. The summed E-state index contributed by atoms with van der Waals surface area (Å²) in [6.07, 6.45) is 1.52. The summed E-state index contributed by atoms with van der Waals surface area (Å²) in [4.78, 5) is 7.80. The zero-order chi connectivity index (χ0) is 10.8. The standard InChI is InChI=1S/C8H10N6O/c1-14-4-11-8(13-14)15-6-3-2-5(9)7(10)12-6/h2-4H,9H2,1H3,(H2,10,12). The SMILES string of the molecule is Cn1cnc(Oc2ccc(N)c(N)n2)n1. The lowest BCUT2D eigenvalue weighted by molar-refractivity contribution is 0.423. The van der Waals surface area contributed by atoms with Crippen molar-refractivity contribution >= 4 is 11.5 Å². The number of ether oxygens (including phenoxy) is 1. The van der Waals surface area contributed by atoms with E-state index in [4.69, 9.17) is 16.2 Å². The third kappa shape index (κ3) is 1.96. The molecule has 0 aromatic carbocycles. The van der Waals surface area contributed by atoms with Gasteiger partial charge in [0.25, 0.3) is 0 Å². The molecule has 0 radical (unpaired) electrons. The van der Waals surface area contributed by atoms with E-state index in [-0.39, 0.29) is 11.8 Å². The molecule has 0 bridgehead atoms. The van der Waals surface area contributed by atoms with Crippen LogP contribution in [0.2, 0.25) is 0 Å². The number of aryl methyl sites for hydroxylation is 1. The molecule has 0 atom stereocenters. The van der Waals surface area contributed by atoms with Crippen LogP contribution in [0.4, 0.5) is 11.5 Å². The lowest BCUT2D eigenvalue weighted by Gasteiger charge is -2.02. The molecular formula is C8H10N6O. The Bertz CT molecular complexity index is 480. The zero-order valence-corrected chi connectivity index (χ0v) is 8.08. The molecule has 7 heteroatoms. The van der Waals surface area contributed by atoms with Gasteiger partial charge in [0.15, 0.2) is 5.82 Å². The van der Waals surface area contributed by atoms with Crippen LogP contribution in [0.5, 0.6) is 11.9 Å². The molecule has 0 aliphatic carbocycles. The molecule has 0 unspecified atom stereocenters. The van der Waals surface area contributed by atoms with Crippen LogP contribution in [0, 0.1) is 0 Å². The molecule has 2 rings (SSSR count). The Morgan fingerprint density at radius 3 is 2.73 bits per heavy atom. The third-order valence-electron chi connectivity index (χ3n) is 1.71. The van der Waals surface area contributed by atoms with E-state index in [1.807, 2.05) is 0 Å². The van der Waals surface area contributed by atoms with Gasteiger partial charge in [-0.1, -0.05) is 0 Å². The number of nitrogens with two attached hydrogens (primary N) is 2. The first-order chi connectivity index (χ1) is 7.15. The molecule has 0 fully saturated rings. The summed E-state index contributed by atoms with van der Waals surface area (Å²) in [6.45, 7) is 0. The van der Waals surface area contributed by atoms with Gasteiger partial charge in [-0.15, -0.1) is 5.10 Å². The van der Waals surface area contributed by atoms with Crippen molar-refractivity contribution in [3.8, 4) is 11.9 Å². The number of aromatic nitrogens is 4.